The number of aliphatic hydroxyl groups is 13. The highest BCUT2D eigenvalue weighted by atomic mass is 16.8. The Bertz CT molecular complexity index is 1350. The van der Waals surface area contributed by atoms with Crippen LogP contribution in [0, 0.1) is 0 Å². The smallest absolute Gasteiger partial charge is 0.364 e. The van der Waals surface area contributed by atoms with Gasteiger partial charge in [0, 0.05) is 20.3 Å². The number of carbonyl (C=O) groups excluding carboxylic acids is 2. The lowest BCUT2D eigenvalue weighted by atomic mass is 9.88. The molecular weight excluding hydrogens is 784 g/mol. The Balaban J connectivity index is 1.73. The largest absolute Gasteiger partial charge is 0.477 e. The van der Waals surface area contributed by atoms with Gasteiger partial charge in [-0.1, -0.05) is 0 Å². The highest BCUT2D eigenvalue weighted by Gasteiger charge is 2.58. The molecule has 0 bridgehead atoms. The van der Waals surface area contributed by atoms with Crippen molar-refractivity contribution >= 4 is 17.8 Å². The molecule has 4 rings (SSSR count). The van der Waals surface area contributed by atoms with Crippen molar-refractivity contribution < 1.29 is 119 Å². The van der Waals surface area contributed by atoms with Gasteiger partial charge in [0.1, 0.15) is 91.5 Å². The zero-order chi connectivity index (χ0) is 42.7. The summed E-state index contributed by atoms with van der Waals surface area (Å²) in [5.74, 6) is -6.56. The second kappa shape index (κ2) is 19.8. The molecule has 26 heteroatoms. The molecule has 57 heavy (non-hydrogen) atoms. The number of carbonyl (C=O) groups is 3. The van der Waals surface area contributed by atoms with Crippen molar-refractivity contribution in [1.82, 2.24) is 10.6 Å². The first-order valence-electron chi connectivity index (χ1n) is 17.7. The molecule has 21 atom stereocenters. The summed E-state index contributed by atoms with van der Waals surface area (Å²) in [5.41, 5.74) is 0. The summed E-state index contributed by atoms with van der Waals surface area (Å²) in [6.07, 6.45) is -35.9. The highest BCUT2D eigenvalue weighted by molar-refractivity contribution is 5.76. The Morgan fingerprint density at radius 2 is 1.28 bits per heavy atom. The molecule has 0 aromatic heterocycles. The molecule has 2 amide bonds. The van der Waals surface area contributed by atoms with Gasteiger partial charge in [0.05, 0.1) is 38.6 Å². The molecule has 4 heterocycles. The molecule has 4 fully saturated rings. The Hall–Kier alpha value is -2.39. The van der Waals surface area contributed by atoms with Gasteiger partial charge in [-0.3, -0.25) is 9.59 Å². The van der Waals surface area contributed by atoms with Gasteiger partial charge >= 0.3 is 5.97 Å². The quantitative estimate of drug-likeness (QED) is 0.0728. The van der Waals surface area contributed by atoms with E-state index in [0.29, 0.717) is 0 Å². The van der Waals surface area contributed by atoms with E-state index >= 15 is 0 Å². The SMILES string of the molecule is CC(=O)N[C@H]1[C@H]([C@H](O)[C@H](O)CO)O[C@@](OC[C@H]2OC(O[C@@H]3[C@H](O)[C@@H](O)[C@H](O)O[C@@H]3CO)[C@H](NC(C)=O)[C@@H](O[C@@H]3O[C@H](CO)[C@H](O)[C@H](O)[C@H]3O)[C@@H]2O)(C(=O)O)C[C@@H]1O. The van der Waals surface area contributed by atoms with E-state index in [2.05, 4.69) is 10.6 Å². The normalized spacial score (nSPS) is 45.1. The maximum Gasteiger partial charge on any atom is 0.364 e. The van der Waals surface area contributed by atoms with Crippen LogP contribution in [0.4, 0.5) is 0 Å². The molecule has 4 aliphatic heterocycles. The molecule has 26 nitrogen and oxygen atoms in total. The zero-order valence-corrected chi connectivity index (χ0v) is 30.4. The molecule has 0 spiro atoms. The molecule has 4 saturated heterocycles. The summed E-state index contributed by atoms with van der Waals surface area (Å²) in [7, 11) is 0. The first-order chi connectivity index (χ1) is 26.7. The third kappa shape index (κ3) is 10.3. The topological polar surface area (TPSA) is 423 Å². The van der Waals surface area contributed by atoms with E-state index < -0.39 is 179 Å². The third-order valence-electron chi connectivity index (χ3n) is 9.98. The Morgan fingerprint density at radius 1 is 0.702 bits per heavy atom. The lowest BCUT2D eigenvalue weighted by Crippen LogP contribution is -2.70. The minimum atomic E-state index is -2.98. The van der Waals surface area contributed by atoms with Crippen LogP contribution in [-0.2, 0) is 47.5 Å². The van der Waals surface area contributed by atoms with Crippen molar-refractivity contribution in [3.05, 3.63) is 0 Å². The molecule has 0 aromatic carbocycles. The Kier molecular flexibility index (Phi) is 16.4. The van der Waals surface area contributed by atoms with E-state index in [1.807, 2.05) is 0 Å². The van der Waals surface area contributed by atoms with Crippen molar-refractivity contribution in [3.63, 3.8) is 0 Å². The summed E-state index contributed by atoms with van der Waals surface area (Å²) < 4.78 is 39.3. The van der Waals surface area contributed by atoms with E-state index in [1.165, 1.54) is 0 Å². The van der Waals surface area contributed by atoms with Gasteiger partial charge in [0.15, 0.2) is 18.9 Å². The summed E-state index contributed by atoms with van der Waals surface area (Å²) in [6.45, 7) is -2.02. The molecule has 0 radical (unpaired) electrons. The molecule has 0 aromatic rings. The number of aliphatic hydroxyl groups excluding tert-OH is 13. The van der Waals surface area contributed by atoms with E-state index in [4.69, 9.17) is 33.2 Å². The fourth-order valence-corrected chi connectivity index (χ4v) is 6.94. The van der Waals surface area contributed by atoms with Crippen molar-refractivity contribution in [3.8, 4) is 0 Å². The first kappa shape index (κ1) is 47.3. The number of aliphatic carboxylic acids is 1. The van der Waals surface area contributed by atoms with Crippen LogP contribution in [0.15, 0.2) is 0 Å². The molecule has 0 aliphatic carbocycles. The van der Waals surface area contributed by atoms with Gasteiger partial charge in [-0.2, -0.15) is 0 Å². The van der Waals surface area contributed by atoms with E-state index in [9.17, 15) is 85.9 Å². The number of ether oxygens (including phenoxy) is 7. The maximum atomic E-state index is 12.8. The summed E-state index contributed by atoms with van der Waals surface area (Å²) in [6, 6.07) is -3.33. The third-order valence-corrected chi connectivity index (χ3v) is 9.98. The van der Waals surface area contributed by atoms with Gasteiger partial charge in [-0.05, 0) is 0 Å². The fourth-order valence-electron chi connectivity index (χ4n) is 6.94. The van der Waals surface area contributed by atoms with Crippen LogP contribution in [0.5, 0.6) is 0 Å². The van der Waals surface area contributed by atoms with Crippen LogP contribution in [-0.4, -0.2) is 244 Å². The number of hydrogen-bond donors (Lipinski definition) is 16. The standard InChI is InChI=1S/C31H52N2O24/c1-8(37)32-15-10(39)3-31(30(49)50,57-26(15)17(41)11(40)4-34)51-7-14-19(43)25(56-29-23(47)20(44)18(42)12(5-35)53-29)16(33-9(2)38)28(54-14)55-24-13(6-36)52-27(48)22(46)21(24)45/h10-29,34-36,39-48H,3-7H2,1-2H3,(H,32,37)(H,33,38)(H,49,50)/t10-,11+,12+,13+,14+,15+,16+,17+,18-,19+,20-,21+,22+,23+,24-,25+,26+,27+,28?,29-,31+/m0/s1. The van der Waals surface area contributed by atoms with Crippen molar-refractivity contribution in [1.29, 1.82) is 0 Å². The van der Waals surface area contributed by atoms with Crippen LogP contribution in [0.1, 0.15) is 20.3 Å². The summed E-state index contributed by atoms with van der Waals surface area (Å²) in [5, 5.41) is 150. The zero-order valence-electron chi connectivity index (χ0n) is 30.4. The molecule has 4 aliphatic rings. The lowest BCUT2D eigenvalue weighted by molar-refractivity contribution is -0.370. The van der Waals surface area contributed by atoms with Crippen LogP contribution in [0.25, 0.3) is 0 Å². The molecule has 16 N–H and O–H groups in total. The first-order valence-corrected chi connectivity index (χ1v) is 17.7. The van der Waals surface area contributed by atoms with Crippen LogP contribution in [0.3, 0.4) is 0 Å². The van der Waals surface area contributed by atoms with E-state index in [0.717, 1.165) is 13.8 Å². The second-order valence-electron chi connectivity index (χ2n) is 14.1. The molecule has 1 unspecified atom stereocenters. The number of hydrogen-bond acceptors (Lipinski definition) is 23. The Labute approximate surface area is 322 Å². The van der Waals surface area contributed by atoms with Gasteiger partial charge in [-0.25, -0.2) is 4.79 Å². The number of amides is 2. The van der Waals surface area contributed by atoms with E-state index in [1.54, 1.807) is 0 Å². The molecule has 0 saturated carbocycles. The summed E-state index contributed by atoms with van der Waals surface area (Å²) >= 11 is 0. The number of rotatable bonds is 15. The van der Waals surface area contributed by atoms with Gasteiger partial charge in [0.2, 0.25) is 11.8 Å². The van der Waals surface area contributed by atoms with Crippen LogP contribution in [0.2, 0.25) is 0 Å². The predicted octanol–water partition coefficient (Wildman–Crippen LogP) is -10.3. The molecule has 330 valence electrons. The van der Waals surface area contributed by atoms with Crippen molar-refractivity contribution in [2.24, 2.45) is 0 Å². The minimum Gasteiger partial charge on any atom is -0.477 e. The van der Waals surface area contributed by atoms with Crippen LogP contribution >= 0.6 is 0 Å². The van der Waals surface area contributed by atoms with Gasteiger partial charge in [-0.15, -0.1) is 0 Å². The second-order valence-corrected chi connectivity index (χ2v) is 14.1. The van der Waals surface area contributed by atoms with Gasteiger partial charge < -0.3 is 115 Å². The van der Waals surface area contributed by atoms with Crippen molar-refractivity contribution in [2.45, 2.75) is 149 Å². The van der Waals surface area contributed by atoms with Crippen LogP contribution < -0.4 is 10.6 Å². The van der Waals surface area contributed by atoms with Gasteiger partial charge in [0.25, 0.3) is 5.79 Å². The minimum absolute atomic E-state index is 0.773. The fraction of sp³-hybridized carbons (Fsp3) is 0.903. The van der Waals surface area contributed by atoms with Crippen molar-refractivity contribution in [2.75, 3.05) is 26.4 Å². The average Bonchev–Trinajstić information content (AvgIpc) is 3.16. The van der Waals surface area contributed by atoms with E-state index in [-0.39, 0.29) is 0 Å². The highest BCUT2D eigenvalue weighted by Crippen LogP contribution is 2.37. The lowest BCUT2D eigenvalue weighted by Gasteiger charge is -2.50. The number of carboxylic acids is 1. The predicted molar refractivity (Wildman–Crippen MR) is 174 cm³/mol. The summed E-state index contributed by atoms with van der Waals surface area (Å²) in [4.78, 5) is 37.2. The monoisotopic (exact) mass is 836 g/mol. The Morgan fingerprint density at radius 3 is 1.84 bits per heavy atom. The molecular formula is C31H52N2O24. The average molecular weight is 837 g/mol. The maximum absolute atomic E-state index is 12.8. The number of carboxylic acid groups (broad SMARTS) is 1. The number of nitrogens with one attached hydrogen (secondary N) is 2.